The van der Waals surface area contributed by atoms with E-state index in [2.05, 4.69) is 52.8 Å². The van der Waals surface area contributed by atoms with Gasteiger partial charge in [0.2, 0.25) is 0 Å². The molecule has 0 unspecified atom stereocenters. The minimum atomic E-state index is -0.111. The quantitative estimate of drug-likeness (QED) is 0.374. The molecule has 0 aliphatic heterocycles. The molecular formula is C19H38N2O3. The molecule has 0 spiro atoms. The molecule has 142 valence electrons. The van der Waals surface area contributed by atoms with E-state index < -0.39 is 0 Å². The summed E-state index contributed by atoms with van der Waals surface area (Å²) in [5.41, 5.74) is 5.69. The van der Waals surface area contributed by atoms with Crippen LogP contribution in [0.25, 0.3) is 0 Å². The van der Waals surface area contributed by atoms with E-state index in [4.69, 9.17) is 26.4 Å². The van der Waals surface area contributed by atoms with Gasteiger partial charge < -0.3 is 25.3 Å². The fourth-order valence-electron chi connectivity index (χ4n) is 1.82. The van der Waals surface area contributed by atoms with Gasteiger partial charge in [-0.05, 0) is 20.4 Å². The Morgan fingerprint density at radius 1 is 0.875 bits per heavy atom. The maximum absolute atomic E-state index is 5.87. The van der Waals surface area contributed by atoms with E-state index >= 15 is 0 Å². The average molecular weight is 343 g/mol. The molecule has 0 aromatic carbocycles. The van der Waals surface area contributed by atoms with Gasteiger partial charge in [0.25, 0.3) is 0 Å². The summed E-state index contributed by atoms with van der Waals surface area (Å²) in [5.74, 6) is 2.43. The highest BCUT2D eigenvalue weighted by Crippen LogP contribution is 2.19. The third kappa shape index (κ3) is 12.7. The molecule has 0 heterocycles. The second-order valence-corrected chi connectivity index (χ2v) is 8.57. The Balaban J connectivity index is 3.98. The average Bonchev–Trinajstić information content (AvgIpc) is 2.49. The highest BCUT2D eigenvalue weighted by Gasteiger charge is 2.25. The maximum Gasteiger partial charge on any atom is 0.107 e. The van der Waals surface area contributed by atoms with E-state index in [1.54, 1.807) is 0 Å². The lowest BCUT2D eigenvalue weighted by Gasteiger charge is -2.33. The first kappa shape index (κ1) is 23.4. The number of rotatable bonds is 14. The summed E-state index contributed by atoms with van der Waals surface area (Å²) in [6, 6.07) is 0. The number of hydrogen-bond acceptors (Lipinski definition) is 5. The van der Waals surface area contributed by atoms with Crippen LogP contribution in [0.1, 0.15) is 41.5 Å². The molecule has 0 amide bonds. The van der Waals surface area contributed by atoms with Crippen molar-refractivity contribution in [3.63, 3.8) is 0 Å². The summed E-state index contributed by atoms with van der Waals surface area (Å²) in [4.78, 5) is 0. The number of nitrogens with two attached hydrogens (primary N) is 1. The summed E-state index contributed by atoms with van der Waals surface area (Å²) in [6.45, 7) is 17.7. The Morgan fingerprint density at radius 3 is 2.04 bits per heavy atom. The second-order valence-electron chi connectivity index (χ2n) is 8.57. The predicted octanol–water partition coefficient (Wildman–Crippen LogP) is 2.05. The Morgan fingerprint density at radius 2 is 1.46 bits per heavy atom. The molecule has 3 N–H and O–H groups in total. The van der Waals surface area contributed by atoms with Crippen LogP contribution in [-0.4, -0.2) is 58.3 Å². The van der Waals surface area contributed by atoms with Crippen molar-refractivity contribution in [3.05, 3.63) is 0 Å². The SMILES string of the molecule is C#CCOCCOCC(C)(C)NCC(C)(C)COCC(C)(C)CN. The molecule has 0 radical (unpaired) electrons. The van der Waals surface area contributed by atoms with Crippen LogP contribution in [0, 0.1) is 23.2 Å². The van der Waals surface area contributed by atoms with Crippen LogP contribution < -0.4 is 11.1 Å². The number of ether oxygens (including phenoxy) is 3. The summed E-state index contributed by atoms with van der Waals surface area (Å²) in [7, 11) is 0. The van der Waals surface area contributed by atoms with Crippen molar-refractivity contribution in [1.29, 1.82) is 0 Å². The molecule has 0 aromatic rings. The van der Waals surface area contributed by atoms with E-state index in [0.29, 0.717) is 46.2 Å². The molecule has 0 aliphatic carbocycles. The lowest BCUT2D eigenvalue weighted by atomic mass is 9.92. The zero-order valence-corrected chi connectivity index (χ0v) is 16.5. The topological polar surface area (TPSA) is 65.7 Å². The van der Waals surface area contributed by atoms with Gasteiger partial charge in [0, 0.05) is 22.9 Å². The van der Waals surface area contributed by atoms with Crippen LogP contribution in [0.3, 0.4) is 0 Å². The molecule has 5 heteroatoms. The highest BCUT2D eigenvalue weighted by molar-refractivity contribution is 4.83. The van der Waals surface area contributed by atoms with Crippen molar-refractivity contribution in [1.82, 2.24) is 5.32 Å². The van der Waals surface area contributed by atoms with Crippen molar-refractivity contribution in [3.8, 4) is 12.3 Å². The van der Waals surface area contributed by atoms with Gasteiger partial charge in [0.15, 0.2) is 0 Å². The first-order valence-electron chi connectivity index (χ1n) is 8.65. The van der Waals surface area contributed by atoms with Crippen molar-refractivity contribution < 1.29 is 14.2 Å². The van der Waals surface area contributed by atoms with Crippen LogP contribution in [0.4, 0.5) is 0 Å². The van der Waals surface area contributed by atoms with Crippen molar-refractivity contribution in [2.24, 2.45) is 16.6 Å². The fraction of sp³-hybridized carbons (Fsp3) is 0.895. The molecule has 0 rings (SSSR count). The minimum absolute atomic E-state index is 0.0259. The standard InChI is InChI=1S/C19H38N2O3/c1-8-9-22-10-11-23-16-19(6,7)21-13-18(4,5)15-24-14-17(2,3)12-20/h1,21H,9-16,20H2,2-7H3. The fourth-order valence-corrected chi connectivity index (χ4v) is 1.82. The maximum atomic E-state index is 5.87. The molecule has 24 heavy (non-hydrogen) atoms. The normalized spacial score (nSPS) is 13.1. The van der Waals surface area contributed by atoms with Gasteiger partial charge in [-0.1, -0.05) is 33.6 Å². The zero-order chi connectivity index (χ0) is 18.7. The van der Waals surface area contributed by atoms with Crippen LogP contribution in [-0.2, 0) is 14.2 Å². The van der Waals surface area contributed by atoms with Crippen molar-refractivity contribution in [2.75, 3.05) is 52.7 Å². The zero-order valence-electron chi connectivity index (χ0n) is 16.5. The molecule has 0 aliphatic rings. The van der Waals surface area contributed by atoms with Gasteiger partial charge >= 0.3 is 0 Å². The molecule has 0 fully saturated rings. The van der Waals surface area contributed by atoms with E-state index in [9.17, 15) is 0 Å². The monoisotopic (exact) mass is 342 g/mol. The minimum Gasteiger partial charge on any atom is -0.380 e. The second kappa shape index (κ2) is 11.1. The van der Waals surface area contributed by atoms with Gasteiger partial charge in [-0.25, -0.2) is 0 Å². The Labute approximate surface area is 149 Å². The van der Waals surface area contributed by atoms with E-state index in [1.165, 1.54) is 0 Å². The van der Waals surface area contributed by atoms with Crippen LogP contribution in [0.2, 0.25) is 0 Å². The molecule has 0 atom stereocenters. The molecule has 0 bridgehead atoms. The number of hydrogen-bond donors (Lipinski definition) is 2. The van der Waals surface area contributed by atoms with Gasteiger partial charge in [-0.2, -0.15) is 0 Å². The first-order valence-corrected chi connectivity index (χ1v) is 8.65. The van der Waals surface area contributed by atoms with Gasteiger partial charge in [-0.15, -0.1) is 6.42 Å². The lowest BCUT2D eigenvalue weighted by molar-refractivity contribution is 0.00831. The van der Waals surface area contributed by atoms with E-state index in [1.807, 2.05) is 0 Å². The molecular weight excluding hydrogens is 304 g/mol. The van der Waals surface area contributed by atoms with Gasteiger partial charge in [0.05, 0.1) is 33.0 Å². The molecule has 0 aromatic heterocycles. The Hall–Kier alpha value is -0.640. The van der Waals surface area contributed by atoms with E-state index in [-0.39, 0.29) is 16.4 Å². The van der Waals surface area contributed by atoms with Gasteiger partial charge in [0.1, 0.15) is 6.61 Å². The predicted molar refractivity (Wildman–Crippen MR) is 100.0 cm³/mol. The summed E-state index contributed by atoms with van der Waals surface area (Å²) in [5, 5.41) is 3.56. The smallest absolute Gasteiger partial charge is 0.107 e. The summed E-state index contributed by atoms with van der Waals surface area (Å²) in [6.07, 6.45) is 5.12. The van der Waals surface area contributed by atoms with Crippen molar-refractivity contribution in [2.45, 2.75) is 47.1 Å². The molecule has 0 saturated carbocycles. The largest absolute Gasteiger partial charge is 0.380 e. The lowest BCUT2D eigenvalue weighted by Crippen LogP contribution is -2.48. The number of nitrogens with one attached hydrogen (secondary N) is 1. The third-order valence-corrected chi connectivity index (χ3v) is 3.60. The van der Waals surface area contributed by atoms with Crippen LogP contribution >= 0.6 is 0 Å². The summed E-state index contributed by atoms with van der Waals surface area (Å²) < 4.78 is 16.7. The van der Waals surface area contributed by atoms with E-state index in [0.717, 1.165) is 6.54 Å². The van der Waals surface area contributed by atoms with Gasteiger partial charge in [-0.3, -0.25) is 0 Å². The van der Waals surface area contributed by atoms with Crippen molar-refractivity contribution >= 4 is 0 Å². The first-order chi connectivity index (χ1) is 11.0. The molecule has 0 saturated heterocycles. The Bertz CT molecular complexity index is 373. The summed E-state index contributed by atoms with van der Waals surface area (Å²) >= 11 is 0. The third-order valence-electron chi connectivity index (χ3n) is 3.60. The molecule has 5 nitrogen and oxygen atoms in total. The number of terminal acetylenes is 1. The van der Waals surface area contributed by atoms with Crippen LogP contribution in [0.15, 0.2) is 0 Å². The van der Waals surface area contributed by atoms with Crippen LogP contribution in [0.5, 0.6) is 0 Å². The Kier molecular flexibility index (Phi) is 10.8. The highest BCUT2D eigenvalue weighted by atomic mass is 16.5.